The van der Waals surface area contributed by atoms with Crippen LogP contribution in [0.1, 0.15) is 39.4 Å². The lowest BCUT2D eigenvalue weighted by atomic mass is 9.91. The summed E-state index contributed by atoms with van der Waals surface area (Å²) >= 11 is 0. The molecule has 0 saturated carbocycles. The van der Waals surface area contributed by atoms with Crippen LogP contribution >= 0.6 is 0 Å². The number of hydrogen-bond donors (Lipinski definition) is 1. The fraction of sp³-hybridized carbons (Fsp3) is 0.368. The Balaban J connectivity index is 2.38. The maximum Gasteiger partial charge on any atom is 0.128 e. The summed E-state index contributed by atoms with van der Waals surface area (Å²) in [4.78, 5) is 0. The van der Waals surface area contributed by atoms with Crippen molar-refractivity contribution < 1.29 is 4.39 Å². The molecule has 2 heteroatoms. The van der Waals surface area contributed by atoms with Crippen molar-refractivity contribution in [2.24, 2.45) is 0 Å². The molecule has 0 amide bonds. The van der Waals surface area contributed by atoms with Crippen LogP contribution in [0.15, 0.2) is 30.3 Å². The summed E-state index contributed by atoms with van der Waals surface area (Å²) < 4.78 is 14.1. The Hall–Kier alpha value is -1.67. The third kappa shape index (κ3) is 3.51. The molecule has 2 aromatic rings. The molecule has 1 N–H and O–H groups in total. The predicted octanol–water partition coefficient (Wildman–Crippen LogP) is 4.56. The quantitative estimate of drug-likeness (QED) is 0.868. The summed E-state index contributed by atoms with van der Waals surface area (Å²) in [5.41, 5.74) is 6.97. The molecule has 1 unspecified atom stereocenters. The molecule has 0 aliphatic carbocycles. The van der Waals surface area contributed by atoms with Gasteiger partial charge < -0.3 is 5.32 Å². The molecule has 2 rings (SSSR count). The van der Waals surface area contributed by atoms with Gasteiger partial charge in [-0.25, -0.2) is 4.39 Å². The molecule has 0 spiro atoms. The first-order valence-electron chi connectivity index (χ1n) is 7.42. The Morgan fingerprint density at radius 1 is 0.952 bits per heavy atom. The third-order valence-electron chi connectivity index (χ3n) is 4.12. The van der Waals surface area contributed by atoms with Gasteiger partial charge in [-0.15, -0.1) is 0 Å². The van der Waals surface area contributed by atoms with Crippen LogP contribution in [-0.4, -0.2) is 7.05 Å². The molecule has 0 fully saturated rings. The van der Waals surface area contributed by atoms with E-state index in [9.17, 15) is 4.39 Å². The largest absolute Gasteiger partial charge is 0.313 e. The molecule has 0 aliphatic heterocycles. The summed E-state index contributed by atoms with van der Waals surface area (Å²) in [7, 11) is 1.89. The monoisotopic (exact) mass is 285 g/mol. The summed E-state index contributed by atoms with van der Waals surface area (Å²) in [5.74, 6) is -0.137. The van der Waals surface area contributed by atoms with Gasteiger partial charge in [-0.2, -0.15) is 0 Å². The van der Waals surface area contributed by atoms with Crippen LogP contribution in [0.2, 0.25) is 0 Å². The number of rotatable bonds is 4. The molecular formula is C19H24FN. The van der Waals surface area contributed by atoms with Gasteiger partial charge in [0, 0.05) is 11.6 Å². The van der Waals surface area contributed by atoms with Crippen molar-refractivity contribution in [3.8, 4) is 0 Å². The second-order valence-corrected chi connectivity index (χ2v) is 5.95. The van der Waals surface area contributed by atoms with E-state index in [1.807, 2.05) is 26.1 Å². The Morgan fingerprint density at radius 2 is 1.57 bits per heavy atom. The fourth-order valence-corrected chi connectivity index (χ4v) is 3.03. The number of likely N-dealkylation sites (N-methyl/N-ethyl adjacent to an activating group) is 1. The summed E-state index contributed by atoms with van der Waals surface area (Å²) in [6.45, 7) is 8.38. The van der Waals surface area contributed by atoms with Gasteiger partial charge in [0.15, 0.2) is 0 Å². The highest BCUT2D eigenvalue weighted by Crippen LogP contribution is 2.26. The molecule has 2 aromatic carbocycles. The fourth-order valence-electron chi connectivity index (χ4n) is 3.03. The van der Waals surface area contributed by atoms with E-state index in [2.05, 4.69) is 38.2 Å². The number of benzene rings is 2. The minimum Gasteiger partial charge on any atom is -0.313 e. The Kier molecular flexibility index (Phi) is 4.79. The third-order valence-corrected chi connectivity index (χ3v) is 4.12. The second kappa shape index (κ2) is 6.40. The Morgan fingerprint density at radius 3 is 2.14 bits per heavy atom. The summed E-state index contributed by atoms with van der Waals surface area (Å²) in [6, 6.07) is 9.70. The van der Waals surface area contributed by atoms with Crippen LogP contribution in [0.3, 0.4) is 0 Å². The maximum atomic E-state index is 14.1. The van der Waals surface area contributed by atoms with E-state index < -0.39 is 0 Å². The SMILES string of the molecule is CNC(Cc1c(C)cc(C)cc1C)c1cc(C)ccc1F. The van der Waals surface area contributed by atoms with Gasteiger partial charge in [0.25, 0.3) is 0 Å². The molecule has 21 heavy (non-hydrogen) atoms. The highest BCUT2D eigenvalue weighted by molar-refractivity contribution is 5.39. The first-order valence-corrected chi connectivity index (χ1v) is 7.42. The van der Waals surface area contributed by atoms with Crippen molar-refractivity contribution in [3.05, 3.63) is 69.5 Å². The van der Waals surface area contributed by atoms with Crippen molar-refractivity contribution >= 4 is 0 Å². The minimum atomic E-state index is -0.137. The van der Waals surface area contributed by atoms with E-state index in [1.54, 1.807) is 6.07 Å². The highest BCUT2D eigenvalue weighted by Gasteiger charge is 2.17. The lowest BCUT2D eigenvalue weighted by molar-refractivity contribution is 0.532. The zero-order valence-electron chi connectivity index (χ0n) is 13.5. The zero-order valence-corrected chi connectivity index (χ0v) is 13.5. The highest BCUT2D eigenvalue weighted by atomic mass is 19.1. The molecular weight excluding hydrogens is 261 g/mol. The number of nitrogens with one attached hydrogen (secondary N) is 1. The van der Waals surface area contributed by atoms with Crippen LogP contribution in [0.4, 0.5) is 4.39 Å². The van der Waals surface area contributed by atoms with E-state index in [0.29, 0.717) is 0 Å². The van der Waals surface area contributed by atoms with E-state index in [4.69, 9.17) is 0 Å². The van der Waals surface area contributed by atoms with Gasteiger partial charge in [-0.1, -0.05) is 35.4 Å². The van der Waals surface area contributed by atoms with Crippen molar-refractivity contribution in [2.45, 2.75) is 40.2 Å². The molecule has 1 nitrogen and oxygen atoms in total. The van der Waals surface area contributed by atoms with Crippen LogP contribution in [0.5, 0.6) is 0 Å². The first-order chi connectivity index (χ1) is 9.92. The normalized spacial score (nSPS) is 12.5. The molecule has 1 atom stereocenters. The summed E-state index contributed by atoms with van der Waals surface area (Å²) in [5, 5.41) is 3.26. The van der Waals surface area contributed by atoms with E-state index in [1.165, 1.54) is 22.3 Å². The van der Waals surface area contributed by atoms with Gasteiger partial charge in [0.2, 0.25) is 0 Å². The second-order valence-electron chi connectivity index (χ2n) is 5.95. The standard InChI is InChI=1S/C19H24FN/c1-12-6-7-18(20)17(10-12)19(21-5)11-16-14(3)8-13(2)9-15(16)4/h6-10,19,21H,11H2,1-5H3. The molecule has 0 radical (unpaired) electrons. The predicted molar refractivity (Wildman–Crippen MR) is 87.3 cm³/mol. The summed E-state index contributed by atoms with van der Waals surface area (Å²) in [6.07, 6.45) is 0.800. The number of hydrogen-bond acceptors (Lipinski definition) is 1. The average Bonchev–Trinajstić information content (AvgIpc) is 2.41. The van der Waals surface area contributed by atoms with Crippen LogP contribution in [0.25, 0.3) is 0 Å². The van der Waals surface area contributed by atoms with Crippen molar-refractivity contribution in [1.29, 1.82) is 0 Å². The minimum absolute atomic E-state index is 0.00925. The van der Waals surface area contributed by atoms with Gasteiger partial charge in [-0.05, 0) is 63.9 Å². The Labute approximate surface area is 127 Å². The number of aryl methyl sites for hydroxylation is 4. The molecule has 0 bridgehead atoms. The maximum absolute atomic E-state index is 14.1. The topological polar surface area (TPSA) is 12.0 Å². The lowest BCUT2D eigenvalue weighted by Gasteiger charge is -2.21. The van der Waals surface area contributed by atoms with Crippen LogP contribution in [0, 0.1) is 33.5 Å². The van der Waals surface area contributed by atoms with Gasteiger partial charge in [-0.3, -0.25) is 0 Å². The Bertz CT molecular complexity index is 623. The van der Waals surface area contributed by atoms with Gasteiger partial charge >= 0.3 is 0 Å². The smallest absolute Gasteiger partial charge is 0.128 e. The van der Waals surface area contributed by atoms with Crippen molar-refractivity contribution in [3.63, 3.8) is 0 Å². The first kappa shape index (κ1) is 15.7. The van der Waals surface area contributed by atoms with E-state index >= 15 is 0 Å². The molecule has 0 aromatic heterocycles. The van der Waals surface area contributed by atoms with Crippen LogP contribution in [-0.2, 0) is 6.42 Å². The van der Waals surface area contributed by atoms with E-state index in [-0.39, 0.29) is 11.9 Å². The lowest BCUT2D eigenvalue weighted by Crippen LogP contribution is -2.21. The van der Waals surface area contributed by atoms with Crippen molar-refractivity contribution in [2.75, 3.05) is 7.05 Å². The molecule has 0 aliphatic rings. The zero-order chi connectivity index (χ0) is 15.6. The van der Waals surface area contributed by atoms with Gasteiger partial charge in [0.05, 0.1) is 0 Å². The average molecular weight is 285 g/mol. The van der Waals surface area contributed by atoms with Crippen molar-refractivity contribution in [1.82, 2.24) is 5.32 Å². The van der Waals surface area contributed by atoms with Crippen LogP contribution < -0.4 is 5.32 Å². The van der Waals surface area contributed by atoms with Gasteiger partial charge in [0.1, 0.15) is 5.82 Å². The molecule has 112 valence electrons. The number of halogens is 1. The molecule has 0 saturated heterocycles. The van der Waals surface area contributed by atoms with E-state index in [0.717, 1.165) is 17.5 Å². The molecule has 0 heterocycles.